The number of anilines is 1. The van der Waals surface area contributed by atoms with Crippen LogP contribution in [0.15, 0.2) is 65.5 Å². The number of aromatic nitrogens is 3. The van der Waals surface area contributed by atoms with Crippen LogP contribution in [0.4, 0.5) is 5.13 Å². The van der Waals surface area contributed by atoms with Crippen LogP contribution in [0.1, 0.15) is 21.6 Å². The predicted octanol–water partition coefficient (Wildman–Crippen LogP) is 4.44. The zero-order valence-electron chi connectivity index (χ0n) is 16.8. The Morgan fingerprint density at radius 1 is 0.900 bits per heavy atom. The minimum Gasteiger partial charge on any atom is -0.296 e. The lowest BCUT2D eigenvalue weighted by Crippen LogP contribution is -2.23. The van der Waals surface area contributed by atoms with E-state index >= 15 is 0 Å². The van der Waals surface area contributed by atoms with Gasteiger partial charge in [0.25, 0.3) is 11.5 Å². The zero-order valence-corrected chi connectivity index (χ0v) is 17.7. The summed E-state index contributed by atoms with van der Waals surface area (Å²) in [5, 5.41) is 7.30. The molecule has 2 aromatic heterocycles. The van der Waals surface area contributed by atoms with E-state index in [9.17, 15) is 9.59 Å². The molecule has 0 aliphatic heterocycles. The monoisotopic (exact) mass is 416 g/mol. The van der Waals surface area contributed by atoms with Crippen LogP contribution in [0.25, 0.3) is 21.7 Å². The molecule has 1 amide bonds. The molecule has 0 aliphatic carbocycles. The van der Waals surface area contributed by atoms with Gasteiger partial charge in [0.2, 0.25) is 0 Å². The van der Waals surface area contributed by atoms with E-state index in [-0.39, 0.29) is 11.3 Å². The third-order valence-corrected chi connectivity index (χ3v) is 5.70. The van der Waals surface area contributed by atoms with Crippen molar-refractivity contribution in [2.75, 3.05) is 5.32 Å². The second-order valence-corrected chi connectivity index (χ2v) is 8.06. The number of carbonyl (C=O) groups is 1. The first-order chi connectivity index (χ1) is 14.4. The lowest BCUT2D eigenvalue weighted by atomic mass is 10.0. The van der Waals surface area contributed by atoms with Crippen LogP contribution < -0.4 is 10.9 Å². The number of amides is 1. The van der Waals surface area contributed by atoms with E-state index in [0.29, 0.717) is 5.13 Å². The smallest absolute Gasteiger partial charge is 0.277 e. The molecule has 0 saturated carbocycles. The van der Waals surface area contributed by atoms with Gasteiger partial charge in [-0.3, -0.25) is 14.9 Å². The molecule has 1 N–H and O–H groups in total. The van der Waals surface area contributed by atoms with Gasteiger partial charge in [0.1, 0.15) is 5.69 Å². The quantitative estimate of drug-likeness (QED) is 0.534. The Hall–Kier alpha value is -3.58. The minimum absolute atomic E-state index is 0.154. The first-order valence-electron chi connectivity index (χ1n) is 9.41. The minimum atomic E-state index is -0.412. The molecule has 0 unspecified atom stereocenters. The van der Waals surface area contributed by atoms with Gasteiger partial charge in [-0.1, -0.05) is 71.0 Å². The van der Waals surface area contributed by atoms with E-state index in [4.69, 9.17) is 4.98 Å². The highest BCUT2D eigenvalue weighted by molar-refractivity contribution is 7.19. The van der Waals surface area contributed by atoms with Gasteiger partial charge in [-0.05, 0) is 25.5 Å². The first-order valence-corrected chi connectivity index (χ1v) is 10.2. The highest BCUT2D eigenvalue weighted by Gasteiger charge is 2.18. The van der Waals surface area contributed by atoms with E-state index < -0.39 is 5.91 Å². The van der Waals surface area contributed by atoms with Gasteiger partial charge in [-0.15, -0.1) is 0 Å². The lowest BCUT2D eigenvalue weighted by Gasteiger charge is -2.04. The van der Waals surface area contributed by atoms with Crippen molar-refractivity contribution in [2.45, 2.75) is 13.8 Å². The van der Waals surface area contributed by atoms with Gasteiger partial charge >= 0.3 is 0 Å². The van der Waals surface area contributed by atoms with Gasteiger partial charge in [0.15, 0.2) is 5.13 Å². The lowest BCUT2D eigenvalue weighted by molar-refractivity contribution is 0.102. The predicted molar refractivity (Wildman–Crippen MR) is 120 cm³/mol. The van der Waals surface area contributed by atoms with Crippen molar-refractivity contribution < 1.29 is 4.79 Å². The number of hydrogen-bond donors (Lipinski definition) is 1. The zero-order chi connectivity index (χ0) is 21.3. The van der Waals surface area contributed by atoms with Crippen molar-refractivity contribution in [3.8, 4) is 21.7 Å². The number of carbonyl (C=O) groups excluding carboxylic acids is 1. The molecule has 2 heterocycles. The molecule has 0 spiro atoms. The molecule has 0 aliphatic rings. The molecule has 30 heavy (non-hydrogen) atoms. The molecular formula is C23H20N4O2S. The number of thiazole rings is 1. The van der Waals surface area contributed by atoms with Crippen molar-refractivity contribution in [1.82, 2.24) is 14.8 Å². The molecule has 4 rings (SSSR count). The molecule has 0 bridgehead atoms. The van der Waals surface area contributed by atoms with Gasteiger partial charge in [0, 0.05) is 18.7 Å². The summed E-state index contributed by atoms with van der Waals surface area (Å²) in [5.74, 6) is -0.412. The number of rotatable bonds is 4. The Bertz CT molecular complexity index is 1210. The molecule has 7 heteroatoms. The number of nitrogens with one attached hydrogen (secondary N) is 1. The van der Waals surface area contributed by atoms with Crippen LogP contribution in [0.3, 0.4) is 0 Å². The number of benzene rings is 2. The summed E-state index contributed by atoms with van der Waals surface area (Å²) in [6.45, 7) is 4.08. The maximum atomic E-state index is 12.6. The van der Waals surface area contributed by atoms with Crippen LogP contribution in [0, 0.1) is 13.8 Å². The first kappa shape index (κ1) is 19.7. The Labute approximate surface area is 177 Å². The Morgan fingerprint density at radius 3 is 2.10 bits per heavy atom. The second-order valence-electron chi connectivity index (χ2n) is 7.06. The maximum Gasteiger partial charge on any atom is 0.277 e. The molecule has 150 valence electrons. The summed E-state index contributed by atoms with van der Waals surface area (Å²) in [6.07, 6.45) is 0. The molecule has 4 aromatic rings. The third kappa shape index (κ3) is 4.06. The molecule has 2 aromatic carbocycles. The number of nitrogens with zero attached hydrogens (tertiary/aromatic N) is 3. The SMILES string of the molecule is Cc1ccc(-c2nc(NC(=O)c3ccc(=O)n(C)n3)sc2-c2ccc(C)cc2)cc1. The summed E-state index contributed by atoms with van der Waals surface area (Å²) < 4.78 is 1.13. The Morgan fingerprint density at radius 2 is 1.50 bits per heavy atom. The van der Waals surface area contributed by atoms with Crippen LogP contribution in [-0.4, -0.2) is 20.7 Å². The standard InChI is InChI=1S/C23H20N4O2S/c1-14-4-8-16(9-5-14)20-21(17-10-6-15(2)7-11-17)30-23(24-20)25-22(29)18-12-13-19(28)27(3)26-18/h4-13H,1-3H3,(H,24,25,29). The highest BCUT2D eigenvalue weighted by Crippen LogP contribution is 2.39. The Balaban J connectivity index is 1.73. The van der Waals surface area contributed by atoms with Gasteiger partial charge in [-0.2, -0.15) is 5.10 Å². The maximum absolute atomic E-state index is 12.6. The average Bonchev–Trinajstić information content (AvgIpc) is 3.14. The van der Waals surface area contributed by atoms with E-state index in [1.54, 1.807) is 0 Å². The largest absolute Gasteiger partial charge is 0.296 e. The topological polar surface area (TPSA) is 76.9 Å². The van der Waals surface area contributed by atoms with Crippen molar-refractivity contribution in [3.05, 3.63) is 87.8 Å². The molecular weight excluding hydrogens is 396 g/mol. The molecule has 6 nitrogen and oxygen atoms in total. The fraction of sp³-hybridized carbons (Fsp3) is 0.130. The van der Waals surface area contributed by atoms with Crippen LogP contribution in [0.2, 0.25) is 0 Å². The number of aryl methyl sites for hydroxylation is 3. The highest BCUT2D eigenvalue weighted by atomic mass is 32.1. The van der Waals surface area contributed by atoms with Gasteiger partial charge < -0.3 is 0 Å². The fourth-order valence-electron chi connectivity index (χ4n) is 2.97. The van der Waals surface area contributed by atoms with E-state index in [0.717, 1.165) is 26.4 Å². The summed E-state index contributed by atoms with van der Waals surface area (Å²) >= 11 is 1.41. The van der Waals surface area contributed by atoms with Crippen LogP contribution >= 0.6 is 11.3 Å². The van der Waals surface area contributed by atoms with Crippen molar-refractivity contribution in [2.24, 2.45) is 7.05 Å². The molecule has 0 saturated heterocycles. The van der Waals surface area contributed by atoms with E-state index in [2.05, 4.69) is 34.7 Å². The molecule has 0 radical (unpaired) electrons. The summed E-state index contributed by atoms with van der Waals surface area (Å²) in [6, 6.07) is 19.1. The van der Waals surface area contributed by atoms with Gasteiger partial charge in [-0.25, -0.2) is 9.67 Å². The molecule has 0 atom stereocenters. The third-order valence-electron chi connectivity index (χ3n) is 4.68. The second kappa shape index (κ2) is 8.04. The van der Waals surface area contributed by atoms with Crippen LogP contribution in [-0.2, 0) is 7.05 Å². The van der Waals surface area contributed by atoms with E-state index in [1.165, 1.54) is 41.6 Å². The van der Waals surface area contributed by atoms with Crippen LogP contribution in [0.5, 0.6) is 0 Å². The van der Waals surface area contributed by atoms with Crippen molar-refractivity contribution in [1.29, 1.82) is 0 Å². The molecule has 0 fully saturated rings. The van der Waals surface area contributed by atoms with E-state index in [1.807, 2.05) is 38.1 Å². The average molecular weight is 417 g/mol. The summed E-state index contributed by atoms with van der Waals surface area (Å²) in [5.41, 5.74) is 5.05. The van der Waals surface area contributed by atoms with Crippen molar-refractivity contribution in [3.63, 3.8) is 0 Å². The van der Waals surface area contributed by atoms with Gasteiger partial charge in [0.05, 0.1) is 10.6 Å². The summed E-state index contributed by atoms with van der Waals surface area (Å²) in [7, 11) is 1.51. The summed E-state index contributed by atoms with van der Waals surface area (Å²) in [4.78, 5) is 29.8. The fourth-order valence-corrected chi connectivity index (χ4v) is 3.95. The number of hydrogen-bond acceptors (Lipinski definition) is 5. The Kier molecular flexibility index (Phi) is 5.29. The van der Waals surface area contributed by atoms with Crippen molar-refractivity contribution >= 4 is 22.4 Å². The normalized spacial score (nSPS) is 10.8.